The minimum Gasteiger partial charge on any atom is -0.468 e. The topological polar surface area (TPSA) is 36.7 Å². The van der Waals surface area contributed by atoms with E-state index in [-0.39, 0.29) is 5.91 Å². The molecule has 0 unspecified atom stereocenters. The number of amides is 1. The molecule has 0 spiro atoms. The molecule has 4 nitrogen and oxygen atoms in total. The van der Waals surface area contributed by atoms with Crippen molar-refractivity contribution in [2.24, 2.45) is 11.8 Å². The molecule has 4 rings (SSSR count). The Hall–Kier alpha value is -2.07. The number of rotatable bonds is 4. The maximum atomic E-state index is 12.8. The first-order chi connectivity index (χ1) is 12.2. The van der Waals surface area contributed by atoms with Crippen molar-refractivity contribution in [3.8, 4) is 0 Å². The van der Waals surface area contributed by atoms with E-state index in [2.05, 4.69) is 16.8 Å². The lowest BCUT2D eigenvalue weighted by atomic mass is 9.77. The van der Waals surface area contributed by atoms with Gasteiger partial charge in [0.1, 0.15) is 5.76 Å². The molecule has 0 N–H and O–H groups in total. The smallest absolute Gasteiger partial charge is 0.253 e. The van der Waals surface area contributed by atoms with E-state index in [1.165, 1.54) is 19.3 Å². The van der Waals surface area contributed by atoms with Gasteiger partial charge in [0.25, 0.3) is 5.91 Å². The van der Waals surface area contributed by atoms with Crippen LogP contribution in [0.3, 0.4) is 0 Å². The molecule has 2 fully saturated rings. The van der Waals surface area contributed by atoms with Crippen LogP contribution >= 0.6 is 0 Å². The maximum Gasteiger partial charge on any atom is 0.253 e. The van der Waals surface area contributed by atoms with Crippen LogP contribution in [0.15, 0.2) is 53.1 Å². The number of furan rings is 1. The summed E-state index contributed by atoms with van der Waals surface area (Å²) in [5.74, 6) is 2.40. The van der Waals surface area contributed by atoms with Crippen molar-refractivity contribution in [1.82, 2.24) is 9.80 Å². The van der Waals surface area contributed by atoms with Gasteiger partial charge in [0.15, 0.2) is 0 Å². The fraction of sp³-hybridized carbons (Fsp3) is 0.476. The molecule has 1 aromatic heterocycles. The molecule has 1 aromatic carbocycles. The van der Waals surface area contributed by atoms with E-state index in [4.69, 9.17) is 4.42 Å². The predicted molar refractivity (Wildman–Crippen MR) is 97.1 cm³/mol. The zero-order valence-electron chi connectivity index (χ0n) is 14.8. The highest BCUT2D eigenvalue weighted by molar-refractivity contribution is 5.94. The van der Waals surface area contributed by atoms with E-state index in [1.807, 2.05) is 42.5 Å². The van der Waals surface area contributed by atoms with Crippen molar-refractivity contribution in [3.05, 3.63) is 60.1 Å². The highest BCUT2D eigenvalue weighted by Gasteiger charge is 2.43. The van der Waals surface area contributed by atoms with Crippen LogP contribution in [-0.2, 0) is 6.54 Å². The number of fused-ring (bicyclic) bond motifs is 1. The van der Waals surface area contributed by atoms with Gasteiger partial charge in [-0.3, -0.25) is 9.69 Å². The maximum absolute atomic E-state index is 12.8. The molecule has 1 amide bonds. The molecule has 1 aliphatic heterocycles. The molecule has 4 heteroatoms. The van der Waals surface area contributed by atoms with Gasteiger partial charge in [-0.2, -0.15) is 0 Å². The quantitative estimate of drug-likeness (QED) is 0.854. The van der Waals surface area contributed by atoms with Crippen LogP contribution in [-0.4, -0.2) is 41.9 Å². The minimum atomic E-state index is 0.183. The van der Waals surface area contributed by atoms with Crippen LogP contribution in [0, 0.1) is 11.8 Å². The Balaban J connectivity index is 1.45. The van der Waals surface area contributed by atoms with Gasteiger partial charge in [0.2, 0.25) is 0 Å². The summed E-state index contributed by atoms with van der Waals surface area (Å²) < 4.78 is 5.52. The van der Waals surface area contributed by atoms with Crippen LogP contribution in [0.5, 0.6) is 0 Å². The van der Waals surface area contributed by atoms with E-state index >= 15 is 0 Å². The largest absolute Gasteiger partial charge is 0.468 e. The summed E-state index contributed by atoms with van der Waals surface area (Å²) in [7, 11) is 2.19. The second kappa shape index (κ2) is 7.04. The number of hydrogen-bond donors (Lipinski definition) is 0. The Kier molecular flexibility index (Phi) is 4.62. The summed E-state index contributed by atoms with van der Waals surface area (Å²) in [5.41, 5.74) is 0.807. The molecular formula is C21H26N2O2. The van der Waals surface area contributed by atoms with E-state index in [1.54, 1.807) is 6.26 Å². The molecule has 25 heavy (non-hydrogen) atoms. The summed E-state index contributed by atoms with van der Waals surface area (Å²) in [5, 5.41) is 0. The first kappa shape index (κ1) is 16.4. The van der Waals surface area contributed by atoms with Gasteiger partial charge in [0, 0.05) is 24.7 Å². The molecule has 0 bridgehead atoms. The molecule has 1 aliphatic carbocycles. The lowest BCUT2D eigenvalue weighted by molar-refractivity contribution is 0.0767. The number of likely N-dealkylation sites (tertiary alicyclic amines) is 1. The van der Waals surface area contributed by atoms with Gasteiger partial charge < -0.3 is 9.32 Å². The van der Waals surface area contributed by atoms with Gasteiger partial charge in [-0.25, -0.2) is 0 Å². The molecule has 132 valence electrons. The summed E-state index contributed by atoms with van der Waals surface area (Å²) in [6.45, 7) is 2.63. The fourth-order valence-corrected chi connectivity index (χ4v) is 4.68. The number of carbonyl (C=O) groups is 1. The molecule has 1 saturated heterocycles. The van der Waals surface area contributed by atoms with Gasteiger partial charge in [0.05, 0.1) is 12.8 Å². The van der Waals surface area contributed by atoms with Crippen molar-refractivity contribution in [2.75, 3.05) is 20.1 Å². The second-order valence-electron chi connectivity index (χ2n) is 7.49. The third kappa shape index (κ3) is 3.36. The van der Waals surface area contributed by atoms with Crippen LogP contribution in [0.25, 0.3) is 0 Å². The van der Waals surface area contributed by atoms with Crippen LogP contribution in [0.2, 0.25) is 0 Å². The third-order valence-corrected chi connectivity index (χ3v) is 5.92. The lowest BCUT2D eigenvalue weighted by Gasteiger charge is -2.38. The second-order valence-corrected chi connectivity index (χ2v) is 7.49. The van der Waals surface area contributed by atoms with Crippen molar-refractivity contribution in [1.29, 1.82) is 0 Å². The lowest BCUT2D eigenvalue weighted by Crippen LogP contribution is -2.43. The zero-order chi connectivity index (χ0) is 17.2. The third-order valence-electron chi connectivity index (χ3n) is 5.92. The Morgan fingerprint density at radius 3 is 2.76 bits per heavy atom. The molecule has 0 radical (unpaired) electrons. The van der Waals surface area contributed by atoms with Crippen molar-refractivity contribution in [2.45, 2.75) is 31.8 Å². The van der Waals surface area contributed by atoms with Crippen LogP contribution in [0.4, 0.5) is 0 Å². The average molecular weight is 338 g/mol. The molecular weight excluding hydrogens is 312 g/mol. The molecule has 2 heterocycles. The van der Waals surface area contributed by atoms with Crippen molar-refractivity contribution in [3.63, 3.8) is 0 Å². The number of benzene rings is 1. The molecule has 1 saturated carbocycles. The number of nitrogens with zero attached hydrogens (tertiary/aromatic N) is 2. The normalized spacial score (nSPS) is 26.0. The van der Waals surface area contributed by atoms with Crippen molar-refractivity contribution >= 4 is 5.91 Å². The number of carbonyl (C=O) groups excluding carboxylic acids is 1. The van der Waals surface area contributed by atoms with Crippen LogP contribution in [0.1, 0.15) is 35.4 Å². The van der Waals surface area contributed by atoms with Gasteiger partial charge in [-0.1, -0.05) is 24.6 Å². The highest BCUT2D eigenvalue weighted by atomic mass is 16.3. The SMILES string of the molecule is CN(Cc1ccco1)[C@@H]1CCC[C@@H]2CN(C(=O)c3ccccc3)C[C@H]21. The van der Waals surface area contributed by atoms with Crippen molar-refractivity contribution < 1.29 is 9.21 Å². The van der Waals surface area contributed by atoms with Crippen LogP contribution < -0.4 is 0 Å². The summed E-state index contributed by atoms with van der Waals surface area (Å²) in [4.78, 5) is 17.3. The fourth-order valence-electron chi connectivity index (χ4n) is 4.68. The zero-order valence-corrected chi connectivity index (χ0v) is 14.8. The standard InChI is InChI=1S/C21H26N2O2/c1-22(14-18-10-6-12-25-18)20-11-5-9-17-13-23(15-19(17)20)21(24)16-7-3-2-4-8-16/h2-4,6-8,10,12,17,19-20H,5,9,11,13-15H2,1H3/t17-,19-,20-/m1/s1. The summed E-state index contributed by atoms with van der Waals surface area (Å²) >= 11 is 0. The molecule has 2 aromatic rings. The van der Waals surface area contributed by atoms with Gasteiger partial charge >= 0.3 is 0 Å². The highest BCUT2D eigenvalue weighted by Crippen LogP contribution is 2.39. The Morgan fingerprint density at radius 1 is 1.16 bits per heavy atom. The molecule has 3 atom stereocenters. The minimum absolute atomic E-state index is 0.183. The van der Waals surface area contributed by atoms with E-state index in [0.29, 0.717) is 17.9 Å². The Bertz CT molecular complexity index is 698. The van der Waals surface area contributed by atoms with Gasteiger partial charge in [-0.05, 0) is 56.0 Å². The first-order valence-corrected chi connectivity index (χ1v) is 9.29. The number of hydrogen-bond acceptors (Lipinski definition) is 3. The van der Waals surface area contributed by atoms with E-state index in [9.17, 15) is 4.79 Å². The van der Waals surface area contributed by atoms with E-state index < -0.39 is 0 Å². The predicted octanol–water partition coefficient (Wildman–Crippen LogP) is 3.65. The molecule has 2 aliphatic rings. The Labute approximate surface area is 149 Å². The monoisotopic (exact) mass is 338 g/mol. The Morgan fingerprint density at radius 2 is 2.00 bits per heavy atom. The summed E-state index contributed by atoms with van der Waals surface area (Å²) in [6.07, 6.45) is 5.45. The average Bonchev–Trinajstić information content (AvgIpc) is 3.30. The van der Waals surface area contributed by atoms with Gasteiger partial charge in [-0.15, -0.1) is 0 Å². The first-order valence-electron chi connectivity index (χ1n) is 9.29. The van der Waals surface area contributed by atoms with E-state index in [0.717, 1.165) is 31.0 Å². The summed E-state index contributed by atoms with van der Waals surface area (Å²) in [6, 6.07) is 14.2.